The molecule has 0 spiro atoms. The highest BCUT2D eigenvalue weighted by molar-refractivity contribution is 7.89. The summed E-state index contributed by atoms with van der Waals surface area (Å²) in [7, 11) is -1.98. The smallest absolute Gasteiger partial charge is 0.246 e. The highest BCUT2D eigenvalue weighted by Crippen LogP contribution is 2.28. The number of ether oxygens (including phenoxy) is 1. The van der Waals surface area contributed by atoms with Crippen LogP contribution in [0.5, 0.6) is 5.88 Å². The maximum absolute atomic E-state index is 13.0. The number of benzene rings is 1. The number of aryl methyl sites for hydroxylation is 2. The summed E-state index contributed by atoms with van der Waals surface area (Å²) in [6, 6.07) is 5.90. The van der Waals surface area contributed by atoms with Crippen molar-refractivity contribution in [3.63, 3.8) is 0 Å². The average Bonchev–Trinajstić information content (AvgIpc) is 3.06. The molecule has 148 valence electrons. The lowest BCUT2D eigenvalue weighted by Gasteiger charge is -2.35. The van der Waals surface area contributed by atoms with Gasteiger partial charge in [-0.15, -0.1) is 0 Å². The lowest BCUT2D eigenvalue weighted by Crippen LogP contribution is -2.48. The number of H-pyrrole nitrogens is 1. The van der Waals surface area contributed by atoms with Crippen molar-refractivity contribution in [3.05, 3.63) is 35.9 Å². The van der Waals surface area contributed by atoms with Gasteiger partial charge in [0, 0.05) is 31.9 Å². The van der Waals surface area contributed by atoms with Crippen molar-refractivity contribution in [2.75, 3.05) is 38.2 Å². The molecule has 1 aromatic carbocycles. The van der Waals surface area contributed by atoms with Crippen LogP contribution in [0.3, 0.4) is 0 Å². The van der Waals surface area contributed by atoms with E-state index in [0.717, 1.165) is 16.6 Å². The van der Waals surface area contributed by atoms with E-state index in [1.54, 1.807) is 21.0 Å². The van der Waals surface area contributed by atoms with Crippen LogP contribution < -0.4 is 9.64 Å². The van der Waals surface area contributed by atoms with Crippen molar-refractivity contribution >= 4 is 26.6 Å². The minimum absolute atomic E-state index is 0.286. The van der Waals surface area contributed by atoms with Crippen molar-refractivity contribution in [2.45, 2.75) is 18.7 Å². The van der Waals surface area contributed by atoms with Gasteiger partial charge in [-0.1, -0.05) is 0 Å². The Balaban J connectivity index is 1.55. The Kier molecular flexibility index (Phi) is 4.68. The summed E-state index contributed by atoms with van der Waals surface area (Å²) in [4.78, 5) is 10.9. The number of methoxy groups -OCH3 is 1. The number of sulfonamides is 1. The second kappa shape index (κ2) is 7.02. The molecule has 0 saturated carbocycles. The molecule has 2 aromatic heterocycles. The molecule has 0 radical (unpaired) electrons. The summed E-state index contributed by atoms with van der Waals surface area (Å²) in [5.74, 6) is 0.527. The fourth-order valence-electron chi connectivity index (χ4n) is 3.62. The number of aromatic nitrogens is 4. The number of hydrogen-bond acceptors (Lipinski definition) is 7. The molecular weight excluding hydrogens is 380 g/mol. The minimum atomic E-state index is -3.56. The lowest BCUT2D eigenvalue weighted by atomic mass is 10.2. The Labute approximate surface area is 163 Å². The fraction of sp³-hybridized carbons (Fsp3) is 0.389. The van der Waals surface area contributed by atoms with Gasteiger partial charge in [0.25, 0.3) is 0 Å². The van der Waals surface area contributed by atoms with E-state index in [2.05, 4.69) is 25.1 Å². The maximum atomic E-state index is 13.0. The SMILES string of the molecule is COc1ncnc2ccc(N3CCN(S(=O)(=O)c4c(C)n[nH]c4C)CC3)cc12. The Hall–Kier alpha value is -2.72. The largest absolute Gasteiger partial charge is 0.480 e. The predicted octanol–water partition coefficient (Wildman–Crippen LogP) is 1.49. The van der Waals surface area contributed by atoms with Crippen LogP contribution in [0.2, 0.25) is 0 Å². The summed E-state index contributed by atoms with van der Waals surface area (Å²) in [6.45, 7) is 5.44. The van der Waals surface area contributed by atoms with Crippen LogP contribution in [0.4, 0.5) is 5.69 Å². The van der Waals surface area contributed by atoms with Gasteiger partial charge >= 0.3 is 0 Å². The molecule has 0 bridgehead atoms. The number of nitrogens with zero attached hydrogens (tertiary/aromatic N) is 5. The number of anilines is 1. The van der Waals surface area contributed by atoms with E-state index in [1.807, 2.05) is 18.2 Å². The van der Waals surface area contributed by atoms with Crippen molar-refractivity contribution in [2.24, 2.45) is 0 Å². The third-order valence-corrected chi connectivity index (χ3v) is 7.20. The topological polar surface area (TPSA) is 104 Å². The van der Waals surface area contributed by atoms with E-state index in [9.17, 15) is 8.42 Å². The zero-order valence-electron chi connectivity index (χ0n) is 16.0. The summed E-state index contributed by atoms with van der Waals surface area (Å²) in [5, 5.41) is 7.61. The number of fused-ring (bicyclic) bond motifs is 1. The van der Waals surface area contributed by atoms with E-state index in [0.29, 0.717) is 43.4 Å². The van der Waals surface area contributed by atoms with Gasteiger partial charge in [0.2, 0.25) is 15.9 Å². The van der Waals surface area contributed by atoms with Gasteiger partial charge in [0.05, 0.1) is 29.4 Å². The zero-order chi connectivity index (χ0) is 19.9. The minimum Gasteiger partial charge on any atom is -0.480 e. The standard InChI is InChI=1S/C18H22N6O3S/c1-12-17(13(2)22-21-12)28(25,26)24-8-6-23(7-9-24)14-4-5-16-15(10-14)18(27-3)20-11-19-16/h4-5,10-11H,6-9H2,1-3H3,(H,21,22). The van der Waals surface area contributed by atoms with Gasteiger partial charge in [-0.2, -0.15) is 9.40 Å². The molecular formula is C18H22N6O3S. The first kappa shape index (κ1) is 18.6. The number of aromatic amines is 1. The Morgan fingerprint density at radius 2 is 1.86 bits per heavy atom. The molecule has 1 saturated heterocycles. The fourth-order valence-corrected chi connectivity index (χ4v) is 5.37. The van der Waals surface area contributed by atoms with E-state index in [-0.39, 0.29) is 4.90 Å². The van der Waals surface area contributed by atoms with Crippen molar-refractivity contribution in [1.82, 2.24) is 24.5 Å². The van der Waals surface area contributed by atoms with Crippen molar-refractivity contribution in [3.8, 4) is 5.88 Å². The van der Waals surface area contributed by atoms with Crippen molar-refractivity contribution in [1.29, 1.82) is 0 Å². The average molecular weight is 402 g/mol. The van der Waals surface area contributed by atoms with E-state index in [1.165, 1.54) is 10.6 Å². The third-order valence-electron chi connectivity index (χ3n) is 5.04. The van der Waals surface area contributed by atoms with Crippen LogP contribution >= 0.6 is 0 Å². The molecule has 1 N–H and O–H groups in total. The van der Waals surface area contributed by atoms with Gasteiger partial charge < -0.3 is 9.64 Å². The van der Waals surface area contributed by atoms with E-state index in [4.69, 9.17) is 4.74 Å². The van der Waals surface area contributed by atoms with Crippen molar-refractivity contribution < 1.29 is 13.2 Å². The number of nitrogens with one attached hydrogen (secondary N) is 1. The van der Waals surface area contributed by atoms with E-state index >= 15 is 0 Å². The lowest BCUT2D eigenvalue weighted by molar-refractivity contribution is 0.384. The summed E-state index contributed by atoms with van der Waals surface area (Å²) in [5.41, 5.74) is 2.87. The molecule has 3 heterocycles. The molecule has 0 atom stereocenters. The number of hydrogen-bond donors (Lipinski definition) is 1. The molecule has 4 rings (SSSR count). The van der Waals surface area contributed by atoms with Gasteiger partial charge in [-0.3, -0.25) is 5.10 Å². The normalized spacial score (nSPS) is 15.9. The monoisotopic (exact) mass is 402 g/mol. The van der Waals surface area contributed by atoms with Gasteiger partial charge in [-0.25, -0.2) is 18.4 Å². The molecule has 0 amide bonds. The molecule has 28 heavy (non-hydrogen) atoms. The highest BCUT2D eigenvalue weighted by atomic mass is 32.2. The molecule has 3 aromatic rings. The number of piperazine rings is 1. The highest BCUT2D eigenvalue weighted by Gasteiger charge is 2.32. The third kappa shape index (κ3) is 3.08. The quantitative estimate of drug-likeness (QED) is 0.705. The number of rotatable bonds is 4. The molecule has 1 aliphatic heterocycles. The van der Waals surface area contributed by atoms with Gasteiger partial charge in [0.1, 0.15) is 11.2 Å². The molecule has 0 aliphatic carbocycles. The first-order chi connectivity index (χ1) is 13.4. The van der Waals surface area contributed by atoms with Gasteiger partial charge in [-0.05, 0) is 32.0 Å². The van der Waals surface area contributed by atoms with Crippen LogP contribution in [0, 0.1) is 13.8 Å². The first-order valence-electron chi connectivity index (χ1n) is 8.97. The van der Waals surface area contributed by atoms with E-state index < -0.39 is 10.0 Å². The molecule has 1 aliphatic rings. The molecule has 1 fully saturated rings. The summed E-state index contributed by atoms with van der Waals surface area (Å²) >= 11 is 0. The van der Waals surface area contributed by atoms with Gasteiger partial charge in [0.15, 0.2) is 0 Å². The summed E-state index contributed by atoms with van der Waals surface area (Å²) < 4.78 is 32.9. The Bertz CT molecular complexity index is 1100. The van der Waals surface area contributed by atoms with Crippen LogP contribution in [0.1, 0.15) is 11.4 Å². The summed E-state index contributed by atoms with van der Waals surface area (Å²) in [6.07, 6.45) is 1.48. The van der Waals surface area contributed by atoms with Crippen LogP contribution in [-0.4, -0.2) is 66.2 Å². The Morgan fingerprint density at radius 1 is 1.11 bits per heavy atom. The maximum Gasteiger partial charge on any atom is 0.246 e. The predicted molar refractivity (Wildman–Crippen MR) is 105 cm³/mol. The molecule has 9 nitrogen and oxygen atoms in total. The second-order valence-electron chi connectivity index (χ2n) is 6.74. The van der Waals surface area contributed by atoms with Crippen LogP contribution in [0.25, 0.3) is 10.9 Å². The molecule has 0 unspecified atom stereocenters. The first-order valence-corrected chi connectivity index (χ1v) is 10.4. The van der Waals surface area contributed by atoms with Crippen LogP contribution in [0.15, 0.2) is 29.4 Å². The Morgan fingerprint density at radius 3 is 2.50 bits per heavy atom. The molecule has 10 heteroatoms. The van der Waals surface area contributed by atoms with Crippen LogP contribution in [-0.2, 0) is 10.0 Å². The zero-order valence-corrected chi connectivity index (χ0v) is 16.8. The second-order valence-corrected chi connectivity index (χ2v) is 8.61.